The van der Waals surface area contributed by atoms with Crippen molar-refractivity contribution < 1.29 is 13.2 Å². The molecule has 0 fully saturated rings. The summed E-state index contributed by atoms with van der Waals surface area (Å²) in [6.45, 7) is 2.20. The van der Waals surface area contributed by atoms with Gasteiger partial charge in [-0.1, -0.05) is 25.1 Å². The van der Waals surface area contributed by atoms with E-state index < -0.39 is 17.8 Å². The lowest BCUT2D eigenvalue weighted by molar-refractivity contribution is -0.138. The number of nitrogens with zero attached hydrogens (tertiary/aromatic N) is 1. The van der Waals surface area contributed by atoms with Crippen LogP contribution in [-0.4, -0.2) is 36.5 Å². The molecule has 0 bridgehead atoms. The van der Waals surface area contributed by atoms with Gasteiger partial charge >= 0.3 is 6.18 Å². The van der Waals surface area contributed by atoms with Crippen LogP contribution in [0.2, 0.25) is 0 Å². The second kappa shape index (κ2) is 8.06. The lowest BCUT2D eigenvalue weighted by Crippen LogP contribution is -2.40. The molecule has 0 spiro atoms. The van der Waals surface area contributed by atoms with Crippen LogP contribution in [0.15, 0.2) is 24.3 Å². The van der Waals surface area contributed by atoms with Gasteiger partial charge in [0.05, 0.1) is 5.56 Å². The van der Waals surface area contributed by atoms with Crippen molar-refractivity contribution in [1.82, 2.24) is 4.90 Å². The molecule has 2 unspecified atom stereocenters. The molecule has 1 aromatic carbocycles. The summed E-state index contributed by atoms with van der Waals surface area (Å²) in [6, 6.07) is 5.48. The van der Waals surface area contributed by atoms with Gasteiger partial charge in [0.15, 0.2) is 0 Å². The average Bonchev–Trinajstić information content (AvgIpc) is 2.44. The van der Waals surface area contributed by atoms with Gasteiger partial charge in [-0.15, -0.1) is 0 Å². The highest BCUT2D eigenvalue weighted by Gasteiger charge is 2.36. The Labute approximate surface area is 128 Å². The van der Waals surface area contributed by atoms with E-state index in [1.54, 1.807) is 17.8 Å². The second-order valence-corrected chi connectivity index (χ2v) is 5.93. The van der Waals surface area contributed by atoms with Crippen molar-refractivity contribution in [3.8, 4) is 0 Å². The Balaban J connectivity index is 3.16. The van der Waals surface area contributed by atoms with Crippen molar-refractivity contribution in [2.75, 3.05) is 25.6 Å². The summed E-state index contributed by atoms with van der Waals surface area (Å²) in [6.07, 6.45) is -1.48. The Kier molecular flexibility index (Phi) is 7.03. The minimum absolute atomic E-state index is 0.161. The largest absolute Gasteiger partial charge is 0.416 e. The van der Waals surface area contributed by atoms with E-state index in [0.29, 0.717) is 0 Å². The molecule has 21 heavy (non-hydrogen) atoms. The Morgan fingerprint density at radius 3 is 2.38 bits per heavy atom. The van der Waals surface area contributed by atoms with E-state index in [1.165, 1.54) is 12.1 Å². The van der Waals surface area contributed by atoms with Gasteiger partial charge in [0.1, 0.15) is 0 Å². The molecule has 0 radical (unpaired) electrons. The quantitative estimate of drug-likeness (QED) is 0.829. The maximum absolute atomic E-state index is 13.2. The standard InChI is InChI=1S/C15H23F3N2S/c1-4-11(10-21-3)20(2)14(9-19)12-7-5-6-8-13(12)15(16,17)18/h5-8,11,14H,4,9-10,19H2,1-3H3. The minimum Gasteiger partial charge on any atom is -0.329 e. The Morgan fingerprint density at radius 2 is 1.90 bits per heavy atom. The predicted molar refractivity (Wildman–Crippen MR) is 83.5 cm³/mol. The molecule has 2 N–H and O–H groups in total. The van der Waals surface area contributed by atoms with Crippen molar-refractivity contribution in [2.24, 2.45) is 5.73 Å². The third-order valence-corrected chi connectivity index (χ3v) is 4.46. The second-order valence-electron chi connectivity index (χ2n) is 5.02. The van der Waals surface area contributed by atoms with Crippen LogP contribution in [-0.2, 0) is 6.18 Å². The third kappa shape index (κ3) is 4.63. The molecular formula is C15H23F3N2S. The first-order chi connectivity index (χ1) is 9.86. The van der Waals surface area contributed by atoms with Crippen LogP contribution in [0.5, 0.6) is 0 Å². The molecule has 6 heteroatoms. The molecule has 2 nitrogen and oxygen atoms in total. The summed E-state index contributed by atoms with van der Waals surface area (Å²) in [4.78, 5) is 1.97. The fraction of sp³-hybridized carbons (Fsp3) is 0.600. The molecule has 0 aliphatic heterocycles. The summed E-state index contributed by atoms with van der Waals surface area (Å²) < 4.78 is 39.5. The van der Waals surface area contributed by atoms with Crippen LogP contribution in [0.4, 0.5) is 13.2 Å². The van der Waals surface area contributed by atoms with Gasteiger partial charge in [0, 0.05) is 24.4 Å². The zero-order valence-electron chi connectivity index (χ0n) is 12.7. The summed E-state index contributed by atoms with van der Waals surface area (Å²) in [7, 11) is 1.86. The van der Waals surface area contributed by atoms with Crippen molar-refractivity contribution in [2.45, 2.75) is 31.6 Å². The number of halogens is 3. The molecule has 2 atom stereocenters. The lowest BCUT2D eigenvalue weighted by atomic mass is 9.97. The third-order valence-electron chi connectivity index (χ3n) is 3.75. The first-order valence-corrected chi connectivity index (χ1v) is 8.33. The van der Waals surface area contributed by atoms with Crippen molar-refractivity contribution in [3.05, 3.63) is 35.4 Å². The molecular weight excluding hydrogens is 297 g/mol. The number of alkyl halides is 3. The lowest BCUT2D eigenvalue weighted by Gasteiger charge is -2.35. The van der Waals surface area contributed by atoms with Gasteiger partial charge in [-0.25, -0.2) is 0 Å². The summed E-state index contributed by atoms with van der Waals surface area (Å²) in [5, 5.41) is 0. The van der Waals surface area contributed by atoms with Crippen LogP contribution in [0.25, 0.3) is 0 Å². The number of hydrogen-bond acceptors (Lipinski definition) is 3. The molecule has 0 aromatic heterocycles. The fourth-order valence-electron chi connectivity index (χ4n) is 2.53. The van der Waals surface area contributed by atoms with Crippen LogP contribution in [0.1, 0.15) is 30.5 Å². The van der Waals surface area contributed by atoms with Crippen LogP contribution < -0.4 is 5.73 Å². The van der Waals surface area contributed by atoms with Gasteiger partial charge < -0.3 is 5.73 Å². The summed E-state index contributed by atoms with van der Waals surface area (Å²) in [5.41, 5.74) is 5.46. The smallest absolute Gasteiger partial charge is 0.329 e. The molecule has 0 heterocycles. The normalized spacial score (nSPS) is 15.2. The number of benzene rings is 1. The van der Waals surface area contributed by atoms with Crippen molar-refractivity contribution in [3.63, 3.8) is 0 Å². The molecule has 120 valence electrons. The molecule has 0 aliphatic rings. The summed E-state index contributed by atoms with van der Waals surface area (Å²) in [5.74, 6) is 0.873. The van der Waals surface area contributed by atoms with Gasteiger partial charge in [0.2, 0.25) is 0 Å². The molecule has 0 saturated carbocycles. The van der Waals surface area contributed by atoms with E-state index in [1.807, 2.05) is 25.1 Å². The molecule has 1 rings (SSSR count). The van der Waals surface area contributed by atoms with E-state index in [2.05, 4.69) is 0 Å². The van der Waals surface area contributed by atoms with E-state index in [-0.39, 0.29) is 18.2 Å². The minimum atomic E-state index is -4.36. The number of likely N-dealkylation sites (N-methyl/N-ethyl adjacent to an activating group) is 1. The van der Waals surface area contributed by atoms with Crippen LogP contribution in [0.3, 0.4) is 0 Å². The number of thioether (sulfide) groups is 1. The Bertz CT molecular complexity index is 437. The molecule has 0 saturated heterocycles. The van der Waals surface area contributed by atoms with Gasteiger partial charge in [-0.05, 0) is 31.4 Å². The molecule has 0 amide bonds. The van der Waals surface area contributed by atoms with Crippen LogP contribution >= 0.6 is 11.8 Å². The van der Waals surface area contributed by atoms with Gasteiger partial charge in [-0.3, -0.25) is 4.90 Å². The maximum Gasteiger partial charge on any atom is 0.416 e. The fourth-order valence-corrected chi connectivity index (χ4v) is 3.38. The van der Waals surface area contributed by atoms with Gasteiger partial charge in [0.25, 0.3) is 0 Å². The van der Waals surface area contributed by atoms with Gasteiger partial charge in [-0.2, -0.15) is 24.9 Å². The zero-order valence-corrected chi connectivity index (χ0v) is 13.5. The SMILES string of the molecule is CCC(CSC)N(C)C(CN)c1ccccc1C(F)(F)F. The Hall–Kier alpha value is -0.720. The average molecular weight is 320 g/mol. The predicted octanol–water partition coefficient (Wildman–Crippen LogP) is 3.78. The van der Waals surface area contributed by atoms with E-state index in [9.17, 15) is 13.2 Å². The topological polar surface area (TPSA) is 29.3 Å². The zero-order chi connectivity index (χ0) is 16.0. The Morgan fingerprint density at radius 1 is 1.29 bits per heavy atom. The first-order valence-electron chi connectivity index (χ1n) is 6.93. The van der Waals surface area contributed by atoms with E-state index >= 15 is 0 Å². The highest BCUT2D eigenvalue weighted by atomic mass is 32.2. The summed E-state index contributed by atoms with van der Waals surface area (Å²) >= 11 is 1.69. The highest BCUT2D eigenvalue weighted by Crippen LogP contribution is 2.36. The van der Waals surface area contributed by atoms with Crippen LogP contribution in [0, 0.1) is 0 Å². The number of hydrogen-bond donors (Lipinski definition) is 1. The monoisotopic (exact) mass is 320 g/mol. The maximum atomic E-state index is 13.2. The van der Waals surface area contributed by atoms with E-state index in [4.69, 9.17) is 5.73 Å². The number of rotatable bonds is 7. The van der Waals surface area contributed by atoms with Crippen molar-refractivity contribution in [1.29, 1.82) is 0 Å². The number of nitrogens with two attached hydrogens (primary N) is 1. The highest BCUT2D eigenvalue weighted by molar-refractivity contribution is 7.98. The molecule has 0 aliphatic carbocycles. The van der Waals surface area contributed by atoms with E-state index in [0.717, 1.165) is 18.2 Å². The van der Waals surface area contributed by atoms with Crippen molar-refractivity contribution >= 4 is 11.8 Å². The molecule has 1 aromatic rings. The first kappa shape index (κ1) is 18.3.